The Morgan fingerprint density at radius 2 is 1.92 bits per heavy atom. The lowest BCUT2D eigenvalue weighted by molar-refractivity contribution is -0.132. The number of benzene rings is 1. The minimum atomic E-state index is -1.02. The van der Waals surface area contributed by atoms with E-state index in [4.69, 9.17) is 9.52 Å². The van der Waals surface area contributed by atoms with Crippen molar-refractivity contribution in [1.82, 2.24) is 10.2 Å². The zero-order valence-corrected chi connectivity index (χ0v) is 14.7. The lowest BCUT2D eigenvalue weighted by Crippen LogP contribution is -2.10. The molecule has 0 saturated heterocycles. The summed E-state index contributed by atoms with van der Waals surface area (Å²) >= 11 is 0. The first-order valence-corrected chi connectivity index (χ1v) is 7.97. The van der Waals surface area contributed by atoms with Gasteiger partial charge >= 0.3 is 5.97 Å². The highest BCUT2D eigenvalue weighted by Crippen LogP contribution is 2.25. The van der Waals surface area contributed by atoms with Gasteiger partial charge in [0.15, 0.2) is 0 Å². The van der Waals surface area contributed by atoms with Crippen LogP contribution in [0, 0.1) is 0 Å². The number of carboxylic acid groups (broad SMARTS) is 1. The Morgan fingerprint density at radius 3 is 2.48 bits per heavy atom. The zero-order valence-electron chi connectivity index (χ0n) is 14.7. The van der Waals surface area contributed by atoms with Crippen LogP contribution in [0.4, 0.5) is 0 Å². The van der Waals surface area contributed by atoms with Crippen LogP contribution in [0.2, 0.25) is 0 Å². The second kappa shape index (κ2) is 7.75. The summed E-state index contributed by atoms with van der Waals surface area (Å²) in [5, 5.41) is 16.9. The minimum absolute atomic E-state index is 0.0943. The first-order chi connectivity index (χ1) is 11.8. The van der Waals surface area contributed by atoms with Gasteiger partial charge < -0.3 is 9.52 Å². The zero-order chi connectivity index (χ0) is 18.4. The normalized spacial score (nSPS) is 12.5. The summed E-state index contributed by atoms with van der Waals surface area (Å²) in [6.07, 6.45) is 6.57. The third-order valence-electron chi connectivity index (χ3n) is 3.64. The largest absolute Gasteiger partial charge is 0.478 e. The molecule has 0 bridgehead atoms. The van der Waals surface area contributed by atoms with Crippen LogP contribution in [0.5, 0.6) is 0 Å². The van der Waals surface area contributed by atoms with E-state index < -0.39 is 5.97 Å². The number of carboxylic acids is 1. The Hall–Kier alpha value is -2.95. The van der Waals surface area contributed by atoms with Crippen LogP contribution in [0.1, 0.15) is 32.2 Å². The Labute approximate surface area is 147 Å². The SMILES string of the molecule is C=C/C(=C\C=C/Cc1nnc(-c2ccc(C(C)(C)C)cc2)o1)C(=O)O. The highest BCUT2D eigenvalue weighted by atomic mass is 16.4. The molecule has 0 aliphatic heterocycles. The highest BCUT2D eigenvalue weighted by molar-refractivity contribution is 5.89. The topological polar surface area (TPSA) is 76.2 Å². The first-order valence-electron chi connectivity index (χ1n) is 7.97. The second-order valence-electron chi connectivity index (χ2n) is 6.59. The van der Waals surface area contributed by atoms with Gasteiger partial charge in [-0.25, -0.2) is 4.79 Å². The Morgan fingerprint density at radius 1 is 1.24 bits per heavy atom. The van der Waals surface area contributed by atoms with E-state index in [1.807, 2.05) is 12.1 Å². The van der Waals surface area contributed by atoms with E-state index in [0.29, 0.717) is 18.2 Å². The summed E-state index contributed by atoms with van der Waals surface area (Å²) in [5.74, 6) is -0.0785. The van der Waals surface area contributed by atoms with E-state index in [1.54, 1.807) is 12.2 Å². The maximum absolute atomic E-state index is 10.8. The Bertz CT molecular complexity index is 806. The van der Waals surface area contributed by atoms with Gasteiger partial charge in [0.25, 0.3) is 0 Å². The molecule has 0 spiro atoms. The van der Waals surface area contributed by atoms with Gasteiger partial charge in [0.1, 0.15) is 0 Å². The summed E-state index contributed by atoms with van der Waals surface area (Å²) in [4.78, 5) is 10.8. The van der Waals surface area contributed by atoms with E-state index in [-0.39, 0.29) is 11.0 Å². The first kappa shape index (κ1) is 18.4. The van der Waals surface area contributed by atoms with E-state index >= 15 is 0 Å². The third-order valence-corrected chi connectivity index (χ3v) is 3.64. The van der Waals surface area contributed by atoms with Crippen LogP contribution in [0.15, 0.2) is 65.1 Å². The second-order valence-corrected chi connectivity index (χ2v) is 6.59. The number of aromatic nitrogens is 2. The summed E-state index contributed by atoms with van der Waals surface area (Å²) in [6.45, 7) is 9.94. The monoisotopic (exact) mass is 338 g/mol. The van der Waals surface area contributed by atoms with Gasteiger partial charge in [0.05, 0.1) is 5.57 Å². The van der Waals surface area contributed by atoms with Gasteiger partial charge in [0, 0.05) is 12.0 Å². The Kier molecular flexibility index (Phi) is 5.70. The van der Waals surface area contributed by atoms with Crippen LogP contribution in [0.25, 0.3) is 11.5 Å². The van der Waals surface area contributed by atoms with Gasteiger partial charge in [-0.15, -0.1) is 10.2 Å². The van der Waals surface area contributed by atoms with Crippen LogP contribution < -0.4 is 0 Å². The molecular weight excluding hydrogens is 316 g/mol. The predicted molar refractivity (Wildman–Crippen MR) is 97.2 cm³/mol. The molecule has 0 fully saturated rings. The average Bonchev–Trinajstić information content (AvgIpc) is 3.03. The molecule has 130 valence electrons. The molecule has 0 radical (unpaired) electrons. The molecule has 0 aliphatic rings. The van der Waals surface area contributed by atoms with Gasteiger partial charge in [-0.05, 0) is 29.2 Å². The summed E-state index contributed by atoms with van der Waals surface area (Å²) in [6, 6.07) is 8.07. The van der Waals surface area contributed by atoms with Crippen molar-refractivity contribution in [3.8, 4) is 11.5 Å². The van der Waals surface area contributed by atoms with Crippen molar-refractivity contribution in [2.24, 2.45) is 0 Å². The van der Waals surface area contributed by atoms with Crippen molar-refractivity contribution in [1.29, 1.82) is 0 Å². The van der Waals surface area contributed by atoms with Crippen molar-refractivity contribution < 1.29 is 14.3 Å². The lowest BCUT2D eigenvalue weighted by Gasteiger charge is -2.18. The van der Waals surface area contributed by atoms with E-state index in [0.717, 1.165) is 5.56 Å². The summed E-state index contributed by atoms with van der Waals surface area (Å²) in [5.41, 5.74) is 2.33. The molecule has 0 aliphatic carbocycles. The lowest BCUT2D eigenvalue weighted by atomic mass is 9.87. The van der Waals surface area contributed by atoms with Crippen LogP contribution >= 0.6 is 0 Å². The standard InChI is InChI=1S/C20H22N2O3/c1-5-14(19(23)24)8-6-7-9-17-21-22-18(25-17)15-10-12-16(13-11-15)20(2,3)4/h5-8,10-13H,1,9H2,2-4H3,(H,23,24)/b7-6-,14-8+. The molecule has 25 heavy (non-hydrogen) atoms. The molecule has 0 atom stereocenters. The molecule has 2 aromatic rings. The smallest absolute Gasteiger partial charge is 0.335 e. The van der Waals surface area contributed by atoms with Crippen molar-refractivity contribution in [3.63, 3.8) is 0 Å². The molecule has 1 aromatic heterocycles. The van der Waals surface area contributed by atoms with Crippen molar-refractivity contribution >= 4 is 5.97 Å². The van der Waals surface area contributed by atoms with Crippen molar-refractivity contribution in [2.75, 3.05) is 0 Å². The number of allylic oxidation sites excluding steroid dienone is 3. The fourth-order valence-corrected chi connectivity index (χ4v) is 2.13. The van der Waals surface area contributed by atoms with Gasteiger partial charge in [0.2, 0.25) is 11.8 Å². The minimum Gasteiger partial charge on any atom is -0.478 e. The molecule has 5 nitrogen and oxygen atoms in total. The molecule has 1 heterocycles. The van der Waals surface area contributed by atoms with Crippen LogP contribution in [0.3, 0.4) is 0 Å². The quantitative estimate of drug-likeness (QED) is 0.626. The number of aliphatic carboxylic acids is 1. The van der Waals surface area contributed by atoms with Crippen molar-refractivity contribution in [3.05, 3.63) is 72.2 Å². The van der Waals surface area contributed by atoms with Crippen molar-refractivity contribution in [2.45, 2.75) is 32.6 Å². The number of carbonyl (C=O) groups is 1. The van der Waals surface area contributed by atoms with Gasteiger partial charge in [-0.3, -0.25) is 0 Å². The molecular formula is C20H22N2O3. The van der Waals surface area contributed by atoms with E-state index in [2.05, 4.69) is 49.7 Å². The molecule has 5 heteroatoms. The van der Waals surface area contributed by atoms with Crippen LogP contribution in [-0.4, -0.2) is 21.3 Å². The number of nitrogens with zero attached hydrogens (tertiary/aromatic N) is 2. The average molecular weight is 338 g/mol. The number of rotatable bonds is 6. The fourth-order valence-electron chi connectivity index (χ4n) is 2.13. The van der Waals surface area contributed by atoms with E-state index in [1.165, 1.54) is 17.7 Å². The molecule has 0 saturated carbocycles. The summed E-state index contributed by atoms with van der Waals surface area (Å²) in [7, 11) is 0. The molecule has 0 amide bonds. The predicted octanol–water partition coefficient (Wildman–Crippen LogP) is 4.33. The van der Waals surface area contributed by atoms with Crippen LogP contribution in [-0.2, 0) is 16.6 Å². The summed E-state index contributed by atoms with van der Waals surface area (Å²) < 4.78 is 5.65. The molecule has 2 rings (SSSR count). The highest BCUT2D eigenvalue weighted by Gasteiger charge is 2.14. The number of hydrogen-bond acceptors (Lipinski definition) is 4. The third kappa shape index (κ3) is 5.01. The van der Waals surface area contributed by atoms with Gasteiger partial charge in [-0.1, -0.05) is 57.7 Å². The molecule has 0 unspecified atom stereocenters. The molecule has 1 aromatic carbocycles. The van der Waals surface area contributed by atoms with Gasteiger partial charge in [-0.2, -0.15) is 0 Å². The van der Waals surface area contributed by atoms with E-state index in [9.17, 15) is 4.79 Å². The fraction of sp³-hybridized carbons (Fsp3) is 0.250. The Balaban J connectivity index is 2.05. The number of hydrogen-bond donors (Lipinski definition) is 1. The maximum atomic E-state index is 10.8. The maximum Gasteiger partial charge on any atom is 0.335 e. The molecule has 1 N–H and O–H groups in total.